The molecule has 1 aromatic heterocycles. The molecule has 0 atom stereocenters. The zero-order valence-corrected chi connectivity index (χ0v) is 23.5. The molecular weight excluding hydrogens is 514 g/mol. The Morgan fingerprint density at radius 2 is 1.56 bits per heavy atom. The Bertz CT molecular complexity index is 1240. The molecule has 0 radical (unpaired) electrons. The largest absolute Gasteiger partial charge is 0.633 e. The van der Waals surface area contributed by atoms with Crippen molar-refractivity contribution in [2.24, 2.45) is 0 Å². The summed E-state index contributed by atoms with van der Waals surface area (Å²) in [5.41, 5.74) is 1.58. The molecule has 10 heteroatoms. The van der Waals surface area contributed by atoms with E-state index in [1.54, 1.807) is 25.2 Å². The number of quaternary nitrogens is 1. The average Bonchev–Trinajstić information content (AvgIpc) is 3.20. The van der Waals surface area contributed by atoms with Crippen molar-refractivity contribution >= 4 is 40.8 Å². The van der Waals surface area contributed by atoms with E-state index in [2.05, 4.69) is 10.2 Å². The first kappa shape index (κ1) is 27.4. The number of aromatic nitrogens is 3. The zero-order chi connectivity index (χ0) is 27.4. The summed E-state index contributed by atoms with van der Waals surface area (Å²) >= 11 is 6.34. The van der Waals surface area contributed by atoms with Crippen molar-refractivity contribution in [3.63, 3.8) is 0 Å². The van der Waals surface area contributed by atoms with Crippen molar-refractivity contribution in [3.05, 3.63) is 58.8 Å². The number of hydrogen-bond donors (Lipinski definition) is 2. The van der Waals surface area contributed by atoms with Gasteiger partial charge >= 0.3 is 0 Å². The van der Waals surface area contributed by atoms with Crippen LogP contribution in [0.1, 0.15) is 51.4 Å². The Balaban J connectivity index is 1.56. The molecule has 2 aromatic carbocycles. The molecule has 1 aliphatic heterocycles. The Kier molecular flexibility index (Phi) is 8.40. The number of rotatable bonds is 7. The highest BCUT2D eigenvalue weighted by molar-refractivity contribution is 6.32. The number of phenols is 1. The summed E-state index contributed by atoms with van der Waals surface area (Å²) in [6.07, 6.45) is 8.64. The van der Waals surface area contributed by atoms with Crippen molar-refractivity contribution < 1.29 is 9.75 Å². The summed E-state index contributed by atoms with van der Waals surface area (Å²) in [5.74, 6) is 1.58. The summed E-state index contributed by atoms with van der Waals surface area (Å²) in [4.78, 5) is 18.8. The molecule has 1 saturated heterocycles. The van der Waals surface area contributed by atoms with E-state index in [-0.39, 0.29) is 21.5 Å². The smallest absolute Gasteiger partial charge is 0.241 e. The van der Waals surface area contributed by atoms with E-state index < -0.39 is 0 Å². The highest BCUT2D eigenvalue weighted by atomic mass is 35.5. The summed E-state index contributed by atoms with van der Waals surface area (Å²) in [5, 5.41) is 26.4. The Hall–Kier alpha value is -3.14. The number of piperidine rings is 1. The third kappa shape index (κ3) is 6.72. The molecule has 0 unspecified atom stereocenters. The zero-order valence-electron chi connectivity index (χ0n) is 22.8. The predicted molar refractivity (Wildman–Crippen MR) is 157 cm³/mol. The number of anilines is 5. The van der Waals surface area contributed by atoms with Gasteiger partial charge in [0.25, 0.3) is 0 Å². The van der Waals surface area contributed by atoms with Gasteiger partial charge in [0, 0.05) is 37.7 Å². The van der Waals surface area contributed by atoms with Gasteiger partial charge in [-0.15, -0.1) is 0 Å². The minimum Gasteiger partial charge on any atom is -0.633 e. The number of hydroxylamine groups is 3. The lowest BCUT2D eigenvalue weighted by Crippen LogP contribution is -2.50. The normalized spacial score (nSPS) is 22.2. The van der Waals surface area contributed by atoms with Crippen LogP contribution in [0.5, 0.6) is 5.75 Å². The van der Waals surface area contributed by atoms with Gasteiger partial charge in [-0.1, -0.05) is 55.5 Å². The van der Waals surface area contributed by atoms with Crippen LogP contribution in [0.4, 0.5) is 29.2 Å². The van der Waals surface area contributed by atoms with E-state index in [0.29, 0.717) is 37.0 Å². The van der Waals surface area contributed by atoms with Crippen LogP contribution < -0.4 is 15.1 Å². The van der Waals surface area contributed by atoms with Gasteiger partial charge in [0.15, 0.2) is 0 Å². The SMILES string of the molecule is CN(c1nc(NC2CCCCCC2)nc(N(c2ccccc2)c2ccc(O)c(Cl)c2)n1)C1CC[N+](C)([O-])CC1. The molecule has 0 amide bonds. The number of halogens is 1. The molecule has 9 nitrogen and oxygen atoms in total. The standard InChI is InChI=1S/C29H38ClN7O2/c1-35(22-16-18-37(2,39)19-17-22)28-32-27(31-21-10-6-3-4-7-11-21)33-29(34-28)36(23-12-8-5-9-13-23)24-14-15-26(38)25(30)20-24/h5,8-9,12-15,20-22,38H,3-4,6-7,10-11,16-19H2,1-2H3,(H,31,32,33,34). The van der Waals surface area contributed by atoms with Gasteiger partial charge in [-0.3, -0.25) is 4.90 Å². The fourth-order valence-corrected chi connectivity index (χ4v) is 5.70. The van der Waals surface area contributed by atoms with Gasteiger partial charge in [0.2, 0.25) is 17.8 Å². The first-order valence-corrected chi connectivity index (χ1v) is 14.3. The highest BCUT2D eigenvalue weighted by Crippen LogP contribution is 2.37. The number of nitrogens with zero attached hydrogens (tertiary/aromatic N) is 6. The fourth-order valence-electron chi connectivity index (χ4n) is 5.53. The van der Waals surface area contributed by atoms with Crippen LogP contribution in [0, 0.1) is 5.21 Å². The second-order valence-corrected chi connectivity index (χ2v) is 11.4. The van der Waals surface area contributed by atoms with Crippen molar-refractivity contribution in [1.29, 1.82) is 0 Å². The molecule has 2 aliphatic rings. The molecule has 0 spiro atoms. The Morgan fingerprint density at radius 1 is 0.897 bits per heavy atom. The molecule has 2 N–H and O–H groups in total. The van der Waals surface area contributed by atoms with E-state index in [4.69, 9.17) is 26.6 Å². The number of likely N-dealkylation sites (tertiary alicyclic amines) is 1. The molecule has 1 aliphatic carbocycles. The maximum absolute atomic E-state index is 12.5. The molecule has 2 fully saturated rings. The number of nitrogens with one attached hydrogen (secondary N) is 1. The number of para-hydroxylation sites is 1. The van der Waals surface area contributed by atoms with E-state index >= 15 is 0 Å². The molecule has 2 heterocycles. The van der Waals surface area contributed by atoms with Gasteiger partial charge < -0.3 is 25.2 Å². The number of benzene rings is 2. The van der Waals surface area contributed by atoms with Gasteiger partial charge in [0.1, 0.15) is 5.75 Å². The van der Waals surface area contributed by atoms with E-state index in [1.807, 2.05) is 42.3 Å². The molecule has 0 bridgehead atoms. The summed E-state index contributed by atoms with van der Waals surface area (Å²) < 4.78 is -0.204. The predicted octanol–water partition coefficient (Wildman–Crippen LogP) is 6.38. The van der Waals surface area contributed by atoms with Crippen molar-refractivity contribution in [2.45, 2.75) is 63.5 Å². The monoisotopic (exact) mass is 551 g/mol. The number of hydrogen-bond acceptors (Lipinski definition) is 8. The van der Waals surface area contributed by atoms with Crippen LogP contribution in [0.2, 0.25) is 5.02 Å². The molecule has 1 saturated carbocycles. The quantitative estimate of drug-likeness (QED) is 0.198. The van der Waals surface area contributed by atoms with Gasteiger partial charge in [0.05, 0.1) is 30.8 Å². The molecule has 208 valence electrons. The maximum atomic E-state index is 12.5. The van der Waals surface area contributed by atoms with Crippen LogP contribution in [-0.2, 0) is 0 Å². The minimum absolute atomic E-state index is 0.0151. The summed E-state index contributed by atoms with van der Waals surface area (Å²) in [6, 6.07) is 15.4. The lowest BCUT2D eigenvalue weighted by atomic mass is 10.0. The topological polar surface area (TPSA) is 100 Å². The van der Waals surface area contributed by atoms with Crippen molar-refractivity contribution in [1.82, 2.24) is 15.0 Å². The Labute approximate surface area is 235 Å². The Morgan fingerprint density at radius 3 is 2.23 bits per heavy atom. The first-order valence-electron chi connectivity index (χ1n) is 13.9. The van der Waals surface area contributed by atoms with E-state index in [9.17, 15) is 10.3 Å². The van der Waals surface area contributed by atoms with Crippen LogP contribution in [0.15, 0.2) is 48.5 Å². The van der Waals surface area contributed by atoms with Gasteiger partial charge in [-0.25, -0.2) is 0 Å². The second kappa shape index (κ2) is 11.9. The lowest BCUT2D eigenvalue weighted by molar-refractivity contribution is -0.865. The number of phenolic OH excluding ortho intramolecular Hbond substituents is 1. The number of aromatic hydroxyl groups is 1. The summed E-state index contributed by atoms with van der Waals surface area (Å²) in [6.45, 7) is 1.14. The highest BCUT2D eigenvalue weighted by Gasteiger charge is 2.29. The molecular formula is C29H38ClN7O2. The summed E-state index contributed by atoms with van der Waals surface area (Å²) in [7, 11) is 3.75. The van der Waals surface area contributed by atoms with Crippen molar-refractivity contribution in [2.75, 3.05) is 42.3 Å². The lowest BCUT2D eigenvalue weighted by Gasteiger charge is -2.45. The molecule has 39 heavy (non-hydrogen) atoms. The van der Waals surface area contributed by atoms with E-state index in [0.717, 1.165) is 37.1 Å². The van der Waals surface area contributed by atoms with Gasteiger partial charge in [-0.05, 0) is 43.2 Å². The van der Waals surface area contributed by atoms with Crippen LogP contribution in [0.25, 0.3) is 0 Å². The maximum Gasteiger partial charge on any atom is 0.241 e. The molecule has 3 aromatic rings. The fraction of sp³-hybridized carbons (Fsp3) is 0.483. The van der Waals surface area contributed by atoms with Gasteiger partial charge in [-0.2, -0.15) is 15.0 Å². The minimum atomic E-state index is -0.204. The van der Waals surface area contributed by atoms with Crippen LogP contribution in [-0.4, -0.2) is 64.0 Å². The first-order chi connectivity index (χ1) is 18.8. The third-order valence-electron chi connectivity index (χ3n) is 7.94. The van der Waals surface area contributed by atoms with Crippen LogP contribution in [0.3, 0.4) is 0 Å². The third-order valence-corrected chi connectivity index (χ3v) is 8.24. The second-order valence-electron chi connectivity index (χ2n) is 11.0. The van der Waals surface area contributed by atoms with Crippen molar-refractivity contribution in [3.8, 4) is 5.75 Å². The van der Waals surface area contributed by atoms with E-state index in [1.165, 1.54) is 25.7 Å². The van der Waals surface area contributed by atoms with Crippen LogP contribution >= 0.6 is 11.6 Å². The molecule has 5 rings (SSSR count). The average molecular weight is 552 g/mol.